The van der Waals surface area contributed by atoms with Gasteiger partial charge in [0.15, 0.2) is 6.73 Å². The highest BCUT2D eigenvalue weighted by Crippen LogP contribution is 1.98. The van der Waals surface area contributed by atoms with Gasteiger partial charge in [-0.3, -0.25) is 18.7 Å². The van der Waals surface area contributed by atoms with Crippen molar-refractivity contribution in [3.63, 3.8) is 0 Å². The molecule has 82 valence electrons. The molecule has 1 aromatic rings. The van der Waals surface area contributed by atoms with E-state index in [2.05, 4.69) is 20.7 Å². The minimum absolute atomic E-state index is 0.207. The van der Waals surface area contributed by atoms with E-state index in [9.17, 15) is 14.4 Å². The van der Waals surface area contributed by atoms with Gasteiger partial charge in [-0.05, 0) is 15.9 Å². The van der Waals surface area contributed by atoms with Gasteiger partial charge in [0.2, 0.25) is 0 Å². The predicted octanol–water partition coefficient (Wildman–Crippen LogP) is -0.170. The molecule has 0 saturated heterocycles. The Morgan fingerprint density at radius 3 is 2.67 bits per heavy atom. The van der Waals surface area contributed by atoms with Gasteiger partial charge in [-0.2, -0.15) is 0 Å². The first-order chi connectivity index (χ1) is 6.93. The number of aromatic nitrogens is 2. The van der Waals surface area contributed by atoms with Crippen molar-refractivity contribution in [3.8, 4) is 0 Å². The molecule has 0 aromatic carbocycles. The molecule has 0 bridgehead atoms. The van der Waals surface area contributed by atoms with Gasteiger partial charge >= 0.3 is 11.7 Å². The number of carbonyl (C=O) groups is 1. The number of hydrogen-bond acceptors (Lipinski definition) is 4. The molecule has 0 amide bonds. The van der Waals surface area contributed by atoms with Crippen LogP contribution in [0.15, 0.2) is 20.3 Å². The van der Waals surface area contributed by atoms with Crippen molar-refractivity contribution in [2.24, 2.45) is 7.05 Å². The summed E-state index contributed by atoms with van der Waals surface area (Å²) >= 11 is 3.00. The summed E-state index contributed by atoms with van der Waals surface area (Å²) in [6, 6.07) is 0. The lowest BCUT2D eigenvalue weighted by Gasteiger charge is -2.07. The maximum atomic E-state index is 11.5. The van der Waals surface area contributed by atoms with Crippen molar-refractivity contribution in [1.82, 2.24) is 9.13 Å². The number of ether oxygens (including phenoxy) is 1. The zero-order chi connectivity index (χ0) is 11.6. The van der Waals surface area contributed by atoms with Crippen LogP contribution in [0, 0.1) is 0 Å². The number of carbonyl (C=O) groups excluding carboxylic acids is 1. The van der Waals surface area contributed by atoms with E-state index >= 15 is 0 Å². The lowest BCUT2D eigenvalue weighted by Crippen LogP contribution is -2.38. The van der Waals surface area contributed by atoms with Gasteiger partial charge in [-0.1, -0.05) is 0 Å². The van der Waals surface area contributed by atoms with Crippen molar-refractivity contribution in [1.29, 1.82) is 0 Å². The molecular formula is C8H9BrN2O4. The van der Waals surface area contributed by atoms with Crippen LogP contribution in [-0.2, 0) is 23.3 Å². The molecule has 0 saturated carbocycles. The standard InChI is InChI=1S/C8H9BrN2O4/c1-5(12)15-4-11-3-6(9)7(13)10(2)8(11)14/h3H,4H2,1-2H3. The zero-order valence-corrected chi connectivity index (χ0v) is 9.78. The van der Waals surface area contributed by atoms with E-state index in [1.165, 1.54) is 20.2 Å². The number of esters is 1. The molecule has 7 heteroatoms. The molecule has 0 aliphatic heterocycles. The average Bonchev–Trinajstić information content (AvgIpc) is 2.18. The van der Waals surface area contributed by atoms with Crippen molar-refractivity contribution >= 4 is 21.9 Å². The molecule has 0 N–H and O–H groups in total. The Hall–Kier alpha value is -1.37. The third-order valence-corrected chi connectivity index (χ3v) is 2.26. The lowest BCUT2D eigenvalue weighted by atomic mass is 10.6. The minimum Gasteiger partial charge on any atom is -0.444 e. The molecule has 1 aromatic heterocycles. The van der Waals surface area contributed by atoms with Crippen LogP contribution in [0.1, 0.15) is 6.92 Å². The van der Waals surface area contributed by atoms with E-state index < -0.39 is 17.2 Å². The maximum Gasteiger partial charge on any atom is 0.333 e. The van der Waals surface area contributed by atoms with Gasteiger partial charge < -0.3 is 4.74 Å². The van der Waals surface area contributed by atoms with Gasteiger partial charge in [0.05, 0.1) is 4.47 Å². The van der Waals surface area contributed by atoms with Gasteiger partial charge in [0.1, 0.15) is 0 Å². The monoisotopic (exact) mass is 276 g/mol. The quantitative estimate of drug-likeness (QED) is 0.704. The highest BCUT2D eigenvalue weighted by Gasteiger charge is 2.06. The number of rotatable bonds is 2. The Kier molecular flexibility index (Phi) is 3.46. The van der Waals surface area contributed by atoms with E-state index in [-0.39, 0.29) is 11.2 Å². The molecule has 1 heterocycles. The number of nitrogens with zero attached hydrogens (tertiary/aromatic N) is 2. The van der Waals surface area contributed by atoms with Crippen LogP contribution in [0.4, 0.5) is 0 Å². The lowest BCUT2D eigenvalue weighted by molar-refractivity contribution is -0.144. The first-order valence-corrected chi connectivity index (χ1v) is 4.82. The van der Waals surface area contributed by atoms with Crippen LogP contribution in [0.3, 0.4) is 0 Å². The molecule has 0 aliphatic rings. The fourth-order valence-electron chi connectivity index (χ4n) is 0.940. The Morgan fingerprint density at radius 1 is 1.53 bits per heavy atom. The predicted molar refractivity (Wildman–Crippen MR) is 55.4 cm³/mol. The van der Waals surface area contributed by atoms with Crippen LogP contribution in [-0.4, -0.2) is 15.1 Å². The van der Waals surface area contributed by atoms with Crippen LogP contribution in [0.5, 0.6) is 0 Å². The Morgan fingerprint density at radius 2 is 2.13 bits per heavy atom. The summed E-state index contributed by atoms with van der Waals surface area (Å²) in [5.74, 6) is -0.494. The van der Waals surface area contributed by atoms with Crippen molar-refractivity contribution in [3.05, 3.63) is 31.5 Å². The summed E-state index contributed by atoms with van der Waals surface area (Å²) in [4.78, 5) is 33.3. The molecular weight excluding hydrogens is 268 g/mol. The van der Waals surface area contributed by atoms with Gasteiger partial charge in [-0.25, -0.2) is 4.79 Å². The second kappa shape index (κ2) is 4.43. The normalized spacial score (nSPS) is 10.1. The summed E-state index contributed by atoms with van der Waals surface area (Å²) < 4.78 is 6.92. The Bertz CT molecular complexity index is 502. The Balaban J connectivity index is 3.16. The van der Waals surface area contributed by atoms with Crippen LogP contribution in [0.2, 0.25) is 0 Å². The molecule has 15 heavy (non-hydrogen) atoms. The summed E-state index contributed by atoms with van der Waals surface area (Å²) in [6.07, 6.45) is 1.29. The van der Waals surface area contributed by atoms with Crippen LogP contribution in [0.25, 0.3) is 0 Å². The van der Waals surface area contributed by atoms with Crippen molar-refractivity contribution < 1.29 is 9.53 Å². The van der Waals surface area contributed by atoms with Gasteiger partial charge in [-0.15, -0.1) is 0 Å². The van der Waals surface area contributed by atoms with Crippen LogP contribution < -0.4 is 11.2 Å². The zero-order valence-electron chi connectivity index (χ0n) is 8.19. The summed E-state index contributed by atoms with van der Waals surface area (Å²) in [6.45, 7) is 1.03. The molecule has 0 atom stereocenters. The SMILES string of the molecule is CC(=O)OCn1cc(Br)c(=O)n(C)c1=O. The first kappa shape index (κ1) is 11.7. The van der Waals surface area contributed by atoms with E-state index in [1.54, 1.807) is 0 Å². The average molecular weight is 277 g/mol. The minimum atomic E-state index is -0.538. The molecule has 0 radical (unpaired) electrons. The van der Waals surface area contributed by atoms with E-state index in [1.807, 2.05) is 0 Å². The highest BCUT2D eigenvalue weighted by molar-refractivity contribution is 9.10. The third kappa shape index (κ3) is 2.56. The summed E-state index contributed by atoms with van der Waals surface area (Å²) in [5, 5.41) is 0. The maximum absolute atomic E-state index is 11.5. The first-order valence-electron chi connectivity index (χ1n) is 4.03. The molecule has 0 aliphatic carbocycles. The smallest absolute Gasteiger partial charge is 0.333 e. The molecule has 6 nitrogen and oxygen atoms in total. The van der Waals surface area contributed by atoms with E-state index in [0.29, 0.717) is 0 Å². The largest absolute Gasteiger partial charge is 0.444 e. The van der Waals surface area contributed by atoms with Crippen molar-refractivity contribution in [2.75, 3.05) is 0 Å². The number of halogens is 1. The fourth-order valence-corrected chi connectivity index (χ4v) is 1.45. The van der Waals surface area contributed by atoms with Gasteiger partial charge in [0, 0.05) is 20.2 Å². The highest BCUT2D eigenvalue weighted by atomic mass is 79.9. The summed E-state index contributed by atoms with van der Waals surface area (Å²) in [5.41, 5.74) is -0.969. The molecule has 0 fully saturated rings. The van der Waals surface area contributed by atoms with E-state index in [0.717, 1.165) is 9.13 Å². The number of hydrogen-bond donors (Lipinski definition) is 0. The fraction of sp³-hybridized carbons (Fsp3) is 0.375. The molecule has 0 unspecified atom stereocenters. The van der Waals surface area contributed by atoms with E-state index in [4.69, 9.17) is 0 Å². The third-order valence-electron chi connectivity index (χ3n) is 1.72. The van der Waals surface area contributed by atoms with Crippen LogP contribution >= 0.6 is 15.9 Å². The Labute approximate surface area is 93.2 Å². The van der Waals surface area contributed by atoms with Gasteiger partial charge in [0.25, 0.3) is 5.56 Å². The molecule has 1 rings (SSSR count). The van der Waals surface area contributed by atoms with Crippen molar-refractivity contribution in [2.45, 2.75) is 13.7 Å². The second-order valence-corrected chi connectivity index (χ2v) is 3.71. The molecule has 0 spiro atoms. The summed E-state index contributed by atoms with van der Waals surface area (Å²) in [7, 11) is 1.35. The second-order valence-electron chi connectivity index (χ2n) is 2.86. The topological polar surface area (TPSA) is 70.3 Å².